The van der Waals surface area contributed by atoms with Gasteiger partial charge in [-0.05, 0) is 20.8 Å². The Morgan fingerprint density at radius 2 is 1.89 bits per heavy atom. The number of nitrogens with zero attached hydrogens (tertiary/aromatic N) is 3. The van der Waals surface area contributed by atoms with Crippen LogP contribution in [0, 0.1) is 6.92 Å². The third kappa shape index (κ3) is 4.09. The smallest absolute Gasteiger partial charge is 0.228 e. The molecule has 0 bridgehead atoms. The molecule has 0 aromatic carbocycles. The molecule has 0 spiro atoms. The van der Waals surface area contributed by atoms with Crippen molar-refractivity contribution < 1.29 is 0 Å². The van der Waals surface area contributed by atoms with Gasteiger partial charge in [0.15, 0.2) is 0 Å². The van der Waals surface area contributed by atoms with Crippen LogP contribution < -0.4 is 15.5 Å². The maximum absolute atomic E-state index is 6.19. The predicted octanol–water partition coefficient (Wildman–Crippen LogP) is 2.09. The summed E-state index contributed by atoms with van der Waals surface area (Å²) in [6.45, 7) is 9.86. The van der Waals surface area contributed by atoms with E-state index >= 15 is 0 Å². The number of hydrogen-bond acceptors (Lipinski definition) is 5. The van der Waals surface area contributed by atoms with Gasteiger partial charge in [-0.25, -0.2) is 4.98 Å². The van der Waals surface area contributed by atoms with Gasteiger partial charge in [0.1, 0.15) is 11.0 Å². The quantitative estimate of drug-likeness (QED) is 0.838. The van der Waals surface area contributed by atoms with Gasteiger partial charge in [0, 0.05) is 37.8 Å². The first-order valence-corrected chi connectivity index (χ1v) is 6.72. The Labute approximate surface area is 125 Å². The van der Waals surface area contributed by atoms with Gasteiger partial charge in [-0.2, -0.15) is 4.98 Å². The topological polar surface area (TPSA) is 53.1 Å². The van der Waals surface area contributed by atoms with Crippen molar-refractivity contribution in [1.82, 2.24) is 15.3 Å². The molecule has 0 atom stereocenters. The zero-order valence-corrected chi connectivity index (χ0v) is 13.1. The maximum Gasteiger partial charge on any atom is 0.228 e. The normalized spacial score (nSPS) is 15.3. The summed E-state index contributed by atoms with van der Waals surface area (Å²) < 4.78 is 0. The van der Waals surface area contributed by atoms with E-state index < -0.39 is 0 Å². The van der Waals surface area contributed by atoms with E-state index in [1.54, 1.807) is 0 Å². The molecule has 7 heteroatoms. The Hall–Kier alpha value is -0.780. The number of rotatable bonds is 3. The van der Waals surface area contributed by atoms with Gasteiger partial charge in [-0.15, -0.1) is 12.4 Å². The zero-order chi connectivity index (χ0) is 13.1. The van der Waals surface area contributed by atoms with Crippen molar-refractivity contribution in [3.05, 3.63) is 10.7 Å². The van der Waals surface area contributed by atoms with E-state index in [-0.39, 0.29) is 12.4 Å². The second kappa shape index (κ2) is 7.12. The van der Waals surface area contributed by atoms with Crippen LogP contribution in [-0.2, 0) is 0 Å². The summed E-state index contributed by atoms with van der Waals surface area (Å²) in [7, 11) is 0. The minimum atomic E-state index is 0. The molecule has 1 aromatic rings. The van der Waals surface area contributed by atoms with Crippen molar-refractivity contribution in [3.63, 3.8) is 0 Å². The molecule has 1 aromatic heterocycles. The van der Waals surface area contributed by atoms with Crippen molar-refractivity contribution >= 4 is 35.8 Å². The molecule has 0 aliphatic carbocycles. The molecule has 2 N–H and O–H groups in total. The molecule has 1 fully saturated rings. The molecule has 0 unspecified atom stereocenters. The lowest BCUT2D eigenvalue weighted by Gasteiger charge is -2.28. The first-order valence-electron chi connectivity index (χ1n) is 6.34. The summed E-state index contributed by atoms with van der Waals surface area (Å²) in [6.07, 6.45) is 0. The number of anilines is 2. The van der Waals surface area contributed by atoms with E-state index in [1.165, 1.54) is 0 Å². The number of halogens is 2. The lowest BCUT2D eigenvalue weighted by molar-refractivity contribution is 0.579. The first-order chi connectivity index (χ1) is 8.58. The summed E-state index contributed by atoms with van der Waals surface area (Å²) in [4.78, 5) is 11.1. The molecule has 2 rings (SSSR count). The van der Waals surface area contributed by atoms with Crippen LogP contribution in [0.5, 0.6) is 0 Å². The Morgan fingerprint density at radius 1 is 1.26 bits per heavy atom. The van der Waals surface area contributed by atoms with E-state index in [4.69, 9.17) is 11.6 Å². The standard InChI is InChI=1S/C12H20ClN5.ClH/c1-8(2)15-11-9(3)10(13)16-12(17-11)18-6-4-14-5-7-18;/h8,14H,4-7H2,1-3H3,(H,15,16,17);1H. The van der Waals surface area contributed by atoms with Crippen molar-refractivity contribution in [2.45, 2.75) is 26.8 Å². The minimum Gasteiger partial charge on any atom is -0.367 e. The monoisotopic (exact) mass is 305 g/mol. The summed E-state index contributed by atoms with van der Waals surface area (Å²) in [5.74, 6) is 1.55. The van der Waals surface area contributed by atoms with E-state index in [2.05, 4.69) is 39.3 Å². The van der Waals surface area contributed by atoms with Crippen molar-refractivity contribution in [2.24, 2.45) is 0 Å². The molecular formula is C12H21Cl2N5. The first kappa shape index (κ1) is 16.3. The second-order valence-electron chi connectivity index (χ2n) is 4.82. The predicted molar refractivity (Wildman–Crippen MR) is 82.9 cm³/mol. The van der Waals surface area contributed by atoms with Crippen LogP contribution in [0.15, 0.2) is 0 Å². The number of nitrogens with one attached hydrogen (secondary N) is 2. The zero-order valence-electron chi connectivity index (χ0n) is 11.5. The van der Waals surface area contributed by atoms with E-state index in [9.17, 15) is 0 Å². The van der Waals surface area contributed by atoms with Gasteiger partial charge in [0.05, 0.1) is 0 Å². The Kier molecular flexibility index (Phi) is 6.10. The van der Waals surface area contributed by atoms with E-state index in [0.29, 0.717) is 11.2 Å². The fraction of sp³-hybridized carbons (Fsp3) is 0.667. The third-order valence-electron chi connectivity index (χ3n) is 2.90. The lowest BCUT2D eigenvalue weighted by atomic mass is 10.3. The van der Waals surface area contributed by atoms with Crippen molar-refractivity contribution in [2.75, 3.05) is 36.4 Å². The summed E-state index contributed by atoms with van der Waals surface area (Å²) >= 11 is 6.19. The highest BCUT2D eigenvalue weighted by Crippen LogP contribution is 2.24. The van der Waals surface area contributed by atoms with E-state index in [0.717, 1.165) is 43.5 Å². The third-order valence-corrected chi connectivity index (χ3v) is 3.27. The molecule has 5 nitrogen and oxygen atoms in total. The van der Waals surface area contributed by atoms with Crippen molar-refractivity contribution in [1.29, 1.82) is 0 Å². The van der Waals surface area contributed by atoms with Gasteiger partial charge < -0.3 is 15.5 Å². The highest BCUT2D eigenvalue weighted by atomic mass is 35.5. The summed E-state index contributed by atoms with van der Waals surface area (Å²) in [5, 5.41) is 7.16. The SMILES string of the molecule is Cc1c(Cl)nc(N2CCNCC2)nc1NC(C)C.Cl. The van der Waals surface area contributed by atoms with Crippen LogP contribution in [0.4, 0.5) is 11.8 Å². The average Bonchev–Trinajstić information content (AvgIpc) is 2.35. The Bertz CT molecular complexity index is 419. The molecule has 108 valence electrons. The molecule has 0 radical (unpaired) electrons. The van der Waals surface area contributed by atoms with E-state index in [1.807, 2.05) is 6.92 Å². The number of aromatic nitrogens is 2. The lowest BCUT2D eigenvalue weighted by Crippen LogP contribution is -2.44. The summed E-state index contributed by atoms with van der Waals surface area (Å²) in [6, 6.07) is 0.325. The largest absolute Gasteiger partial charge is 0.367 e. The Morgan fingerprint density at radius 3 is 2.47 bits per heavy atom. The highest BCUT2D eigenvalue weighted by Gasteiger charge is 2.17. The fourth-order valence-electron chi connectivity index (χ4n) is 1.90. The minimum absolute atomic E-state index is 0. The number of hydrogen-bond donors (Lipinski definition) is 2. The van der Waals surface area contributed by atoms with Crippen LogP contribution in [0.3, 0.4) is 0 Å². The molecule has 19 heavy (non-hydrogen) atoms. The van der Waals surface area contributed by atoms with Crippen LogP contribution in [0.1, 0.15) is 19.4 Å². The average molecular weight is 306 g/mol. The maximum atomic E-state index is 6.19. The van der Waals surface area contributed by atoms with Gasteiger partial charge in [-0.3, -0.25) is 0 Å². The van der Waals surface area contributed by atoms with Crippen LogP contribution in [-0.4, -0.2) is 42.2 Å². The second-order valence-corrected chi connectivity index (χ2v) is 5.18. The highest BCUT2D eigenvalue weighted by molar-refractivity contribution is 6.30. The molecule has 1 aliphatic heterocycles. The molecule has 1 saturated heterocycles. The molecule has 2 heterocycles. The molecule has 0 saturated carbocycles. The van der Waals surface area contributed by atoms with Crippen LogP contribution >= 0.6 is 24.0 Å². The number of piperazine rings is 1. The summed E-state index contributed by atoms with van der Waals surface area (Å²) in [5.41, 5.74) is 0.907. The fourth-order valence-corrected chi connectivity index (χ4v) is 2.06. The van der Waals surface area contributed by atoms with Crippen molar-refractivity contribution in [3.8, 4) is 0 Å². The molecule has 0 amide bonds. The molecule has 1 aliphatic rings. The molecular weight excluding hydrogens is 285 g/mol. The van der Waals surface area contributed by atoms with Crippen LogP contribution in [0.25, 0.3) is 0 Å². The van der Waals surface area contributed by atoms with Gasteiger partial charge in [0.25, 0.3) is 0 Å². The van der Waals surface area contributed by atoms with Crippen LogP contribution in [0.2, 0.25) is 5.15 Å². The Balaban J connectivity index is 0.00000180. The van der Waals surface area contributed by atoms with Gasteiger partial charge >= 0.3 is 0 Å². The van der Waals surface area contributed by atoms with Gasteiger partial charge in [0.2, 0.25) is 5.95 Å². The van der Waals surface area contributed by atoms with Gasteiger partial charge in [-0.1, -0.05) is 11.6 Å².